The first-order chi connectivity index (χ1) is 13.2. The number of nitrogens with zero attached hydrogens (tertiary/aromatic N) is 3. The molecule has 27 heavy (non-hydrogen) atoms. The Bertz CT molecular complexity index is 775. The Morgan fingerprint density at radius 1 is 1.22 bits per heavy atom. The fourth-order valence-corrected chi connectivity index (χ4v) is 4.08. The van der Waals surface area contributed by atoms with Crippen LogP contribution in [0.25, 0.3) is 5.57 Å². The molecule has 0 bridgehead atoms. The van der Waals surface area contributed by atoms with Gasteiger partial charge in [-0.1, -0.05) is 30.9 Å². The molecule has 1 aromatic carbocycles. The lowest BCUT2D eigenvalue weighted by Crippen LogP contribution is -2.51. The summed E-state index contributed by atoms with van der Waals surface area (Å²) in [5.74, 6) is 2.01. The van der Waals surface area contributed by atoms with E-state index >= 15 is 0 Å². The summed E-state index contributed by atoms with van der Waals surface area (Å²) in [6, 6.07) is 9.03. The normalized spacial score (nSPS) is 22.7. The van der Waals surface area contributed by atoms with E-state index in [4.69, 9.17) is 9.73 Å². The number of ether oxygens (including phenoxy) is 1. The molecule has 0 saturated carbocycles. The van der Waals surface area contributed by atoms with Gasteiger partial charge in [0.05, 0.1) is 6.54 Å². The maximum atomic E-state index is 5.72. The highest BCUT2D eigenvalue weighted by Crippen LogP contribution is 2.25. The average Bonchev–Trinajstić information content (AvgIpc) is 3.01. The van der Waals surface area contributed by atoms with Crippen LogP contribution in [-0.2, 0) is 0 Å². The molecule has 0 amide bonds. The summed E-state index contributed by atoms with van der Waals surface area (Å²) in [5.41, 5.74) is 3.44. The summed E-state index contributed by atoms with van der Waals surface area (Å²) in [7, 11) is 0. The number of hydrogen-bond acceptors (Lipinski definition) is 4. The second-order valence-corrected chi connectivity index (χ2v) is 7.75. The number of rotatable bonds is 4. The fraction of sp³-hybridized carbons (Fsp3) is 0.435. The van der Waals surface area contributed by atoms with E-state index in [-0.39, 0.29) is 0 Å². The lowest BCUT2D eigenvalue weighted by atomic mass is 10.0. The number of allylic oxidation sites excluding steroid dienone is 2. The number of aliphatic imine (C=N–C) groups is 1. The SMILES string of the molecule is C=C(C)COc1ccc(C2=CC(N3CCN4CCCC4C3)=NCC=C2)cc1. The van der Waals surface area contributed by atoms with Crippen LogP contribution in [0.5, 0.6) is 5.75 Å². The molecule has 2 fully saturated rings. The molecule has 3 heterocycles. The van der Waals surface area contributed by atoms with Crippen molar-refractivity contribution in [3.8, 4) is 5.75 Å². The minimum Gasteiger partial charge on any atom is -0.489 e. The van der Waals surface area contributed by atoms with Crippen molar-refractivity contribution in [1.82, 2.24) is 9.80 Å². The number of amidine groups is 1. The Labute approximate surface area is 162 Å². The van der Waals surface area contributed by atoms with E-state index in [0.717, 1.165) is 43.3 Å². The van der Waals surface area contributed by atoms with E-state index in [2.05, 4.69) is 46.7 Å². The standard InChI is InChI=1S/C23H29N3O/c1-18(2)17-27-22-9-7-19(8-10-22)20-5-3-11-24-23(15-20)26-14-13-25-12-4-6-21(25)16-26/h3,5,7-10,15,21H,1,4,6,11-14,16-17H2,2H3. The summed E-state index contributed by atoms with van der Waals surface area (Å²) in [5, 5.41) is 0. The van der Waals surface area contributed by atoms with E-state index < -0.39 is 0 Å². The Balaban J connectivity index is 1.48. The van der Waals surface area contributed by atoms with Crippen molar-refractivity contribution in [2.45, 2.75) is 25.8 Å². The van der Waals surface area contributed by atoms with E-state index in [9.17, 15) is 0 Å². The van der Waals surface area contributed by atoms with E-state index in [1.807, 2.05) is 19.1 Å². The van der Waals surface area contributed by atoms with Gasteiger partial charge in [0.25, 0.3) is 0 Å². The molecule has 3 aliphatic rings. The molecule has 0 aromatic heterocycles. The van der Waals surface area contributed by atoms with Gasteiger partial charge in [-0.2, -0.15) is 0 Å². The molecule has 142 valence electrons. The van der Waals surface area contributed by atoms with Gasteiger partial charge in [-0.3, -0.25) is 9.89 Å². The molecule has 4 nitrogen and oxygen atoms in total. The molecule has 0 spiro atoms. The summed E-state index contributed by atoms with van der Waals surface area (Å²) in [6.45, 7) is 11.8. The lowest BCUT2D eigenvalue weighted by Gasteiger charge is -2.38. The van der Waals surface area contributed by atoms with Crippen molar-refractivity contribution in [2.24, 2.45) is 4.99 Å². The minimum absolute atomic E-state index is 0.561. The monoisotopic (exact) mass is 363 g/mol. The van der Waals surface area contributed by atoms with Crippen LogP contribution < -0.4 is 4.74 Å². The molecule has 0 N–H and O–H groups in total. The maximum Gasteiger partial charge on any atom is 0.124 e. The van der Waals surface area contributed by atoms with Crippen LogP contribution in [0.4, 0.5) is 0 Å². The molecule has 2 saturated heterocycles. The molecule has 1 aromatic rings. The summed E-state index contributed by atoms with van der Waals surface area (Å²) in [4.78, 5) is 9.94. The van der Waals surface area contributed by atoms with Crippen LogP contribution in [0.2, 0.25) is 0 Å². The lowest BCUT2D eigenvalue weighted by molar-refractivity contribution is 0.152. The molecule has 4 rings (SSSR count). The van der Waals surface area contributed by atoms with Crippen LogP contribution in [0.3, 0.4) is 0 Å². The quantitative estimate of drug-likeness (QED) is 0.762. The zero-order valence-corrected chi connectivity index (χ0v) is 16.2. The van der Waals surface area contributed by atoms with Crippen molar-refractivity contribution < 1.29 is 4.74 Å². The van der Waals surface area contributed by atoms with Crippen molar-refractivity contribution >= 4 is 11.4 Å². The zero-order chi connectivity index (χ0) is 18.6. The Kier molecular flexibility index (Phi) is 5.44. The molecule has 1 atom stereocenters. The fourth-order valence-electron chi connectivity index (χ4n) is 4.08. The predicted octanol–water partition coefficient (Wildman–Crippen LogP) is 3.77. The predicted molar refractivity (Wildman–Crippen MR) is 112 cm³/mol. The Hall–Kier alpha value is -2.33. The number of piperazine rings is 1. The van der Waals surface area contributed by atoms with Gasteiger partial charge < -0.3 is 9.64 Å². The van der Waals surface area contributed by atoms with E-state index in [0.29, 0.717) is 12.6 Å². The van der Waals surface area contributed by atoms with Gasteiger partial charge in [-0.05, 0) is 61.2 Å². The van der Waals surface area contributed by atoms with Crippen LogP contribution in [0, 0.1) is 0 Å². The van der Waals surface area contributed by atoms with Crippen molar-refractivity contribution in [2.75, 3.05) is 39.3 Å². The van der Waals surface area contributed by atoms with Gasteiger partial charge in [0.2, 0.25) is 0 Å². The van der Waals surface area contributed by atoms with Gasteiger partial charge >= 0.3 is 0 Å². The number of benzene rings is 1. The van der Waals surface area contributed by atoms with Gasteiger partial charge in [-0.25, -0.2) is 0 Å². The van der Waals surface area contributed by atoms with Crippen LogP contribution in [0.1, 0.15) is 25.3 Å². The molecule has 4 heteroatoms. The van der Waals surface area contributed by atoms with Crippen LogP contribution in [0.15, 0.2) is 59.6 Å². The number of fused-ring (bicyclic) bond motifs is 1. The topological polar surface area (TPSA) is 28.1 Å². The molecule has 0 radical (unpaired) electrons. The largest absolute Gasteiger partial charge is 0.489 e. The molecule has 3 aliphatic heterocycles. The molecule has 1 unspecified atom stereocenters. The number of hydrogen-bond donors (Lipinski definition) is 0. The van der Waals surface area contributed by atoms with Crippen molar-refractivity contribution in [3.05, 3.63) is 60.2 Å². The van der Waals surface area contributed by atoms with Gasteiger partial charge in [0.15, 0.2) is 0 Å². The highest BCUT2D eigenvalue weighted by atomic mass is 16.5. The summed E-state index contributed by atoms with van der Waals surface area (Å²) < 4.78 is 5.72. The highest BCUT2D eigenvalue weighted by Gasteiger charge is 2.31. The summed E-state index contributed by atoms with van der Waals surface area (Å²) >= 11 is 0. The smallest absolute Gasteiger partial charge is 0.124 e. The second kappa shape index (κ2) is 8.13. The van der Waals surface area contributed by atoms with Crippen LogP contribution in [-0.4, -0.2) is 61.0 Å². The minimum atomic E-state index is 0.561. The van der Waals surface area contributed by atoms with Gasteiger partial charge in [-0.15, -0.1) is 0 Å². The third kappa shape index (κ3) is 4.33. The first-order valence-corrected chi connectivity index (χ1v) is 9.98. The van der Waals surface area contributed by atoms with Gasteiger partial charge in [0, 0.05) is 25.7 Å². The zero-order valence-electron chi connectivity index (χ0n) is 16.2. The van der Waals surface area contributed by atoms with Crippen molar-refractivity contribution in [1.29, 1.82) is 0 Å². The maximum absolute atomic E-state index is 5.72. The molecule has 0 aliphatic carbocycles. The second-order valence-electron chi connectivity index (χ2n) is 7.75. The van der Waals surface area contributed by atoms with Gasteiger partial charge in [0.1, 0.15) is 18.2 Å². The first kappa shape index (κ1) is 18.1. The molecular formula is C23H29N3O. The van der Waals surface area contributed by atoms with E-state index in [1.54, 1.807) is 0 Å². The Morgan fingerprint density at radius 2 is 2.07 bits per heavy atom. The summed E-state index contributed by atoms with van der Waals surface area (Å²) in [6.07, 6.45) is 9.25. The molecular weight excluding hydrogens is 334 g/mol. The highest BCUT2D eigenvalue weighted by molar-refractivity contribution is 6.01. The van der Waals surface area contributed by atoms with Crippen molar-refractivity contribution in [3.63, 3.8) is 0 Å². The van der Waals surface area contributed by atoms with E-state index in [1.165, 1.54) is 30.5 Å². The third-order valence-corrected chi connectivity index (χ3v) is 5.52. The van der Waals surface area contributed by atoms with Crippen LogP contribution >= 0.6 is 0 Å². The third-order valence-electron chi connectivity index (χ3n) is 5.52. The average molecular weight is 364 g/mol. The Morgan fingerprint density at radius 3 is 2.89 bits per heavy atom. The first-order valence-electron chi connectivity index (χ1n) is 9.98.